The Morgan fingerprint density at radius 1 is 0.720 bits per heavy atom. The van der Waals surface area contributed by atoms with Gasteiger partial charge in [0, 0.05) is 0 Å². The summed E-state index contributed by atoms with van der Waals surface area (Å²) in [6.45, 7) is 2.62. The van der Waals surface area contributed by atoms with Crippen molar-refractivity contribution in [2.75, 3.05) is 0 Å². The second-order valence-electron chi connectivity index (χ2n) is 10.5. The molecule has 0 radical (unpaired) electrons. The highest BCUT2D eigenvalue weighted by Crippen LogP contribution is 2.49. The van der Waals surface area contributed by atoms with Crippen LogP contribution >= 0.6 is 0 Å². The Hall–Kier alpha value is -0.260. The Morgan fingerprint density at radius 2 is 1.36 bits per heavy atom. The molecule has 1 unspecified atom stereocenters. The molecule has 0 aliphatic heterocycles. The normalized spacial score (nSPS) is 37.5. The van der Waals surface area contributed by atoms with Crippen molar-refractivity contribution in [2.24, 2.45) is 29.1 Å². The Morgan fingerprint density at radius 3 is 2.00 bits per heavy atom. The molecule has 0 spiro atoms. The van der Waals surface area contributed by atoms with Crippen LogP contribution in [0.15, 0.2) is 11.6 Å². The molecule has 0 heterocycles. The first-order valence-corrected chi connectivity index (χ1v) is 11.9. The molecule has 3 fully saturated rings. The lowest BCUT2D eigenvalue weighted by Crippen LogP contribution is -2.32. The minimum absolute atomic E-state index is 0.679. The Bertz CT molecular complexity index is 439. The van der Waals surface area contributed by atoms with Crippen LogP contribution in [0.5, 0.6) is 0 Å². The molecule has 1 atom stereocenters. The van der Waals surface area contributed by atoms with Crippen molar-refractivity contribution in [3.63, 3.8) is 0 Å². The second-order valence-corrected chi connectivity index (χ2v) is 10.5. The second kappa shape index (κ2) is 8.18. The van der Waals surface area contributed by atoms with Gasteiger partial charge in [-0.05, 0) is 86.9 Å². The van der Waals surface area contributed by atoms with Crippen molar-refractivity contribution in [1.29, 1.82) is 0 Å². The molecule has 0 aromatic rings. The minimum atomic E-state index is 0.679. The summed E-state index contributed by atoms with van der Waals surface area (Å²) in [5, 5.41) is 0. The number of allylic oxidation sites excluding steroid dienone is 2. The fourth-order valence-electron chi connectivity index (χ4n) is 7.19. The van der Waals surface area contributed by atoms with Gasteiger partial charge in [0.1, 0.15) is 0 Å². The molecule has 25 heavy (non-hydrogen) atoms. The van der Waals surface area contributed by atoms with Gasteiger partial charge in [0.15, 0.2) is 0 Å². The maximum absolute atomic E-state index is 2.74. The summed E-state index contributed by atoms with van der Waals surface area (Å²) in [6, 6.07) is 0. The summed E-state index contributed by atoms with van der Waals surface area (Å²) in [5.74, 6) is 4.16. The van der Waals surface area contributed by atoms with E-state index in [-0.39, 0.29) is 0 Å². The Kier molecular flexibility index (Phi) is 5.93. The third-order valence-corrected chi connectivity index (χ3v) is 9.04. The minimum Gasteiger partial charge on any atom is -0.0848 e. The molecular weight excluding hydrogens is 300 g/mol. The van der Waals surface area contributed by atoms with Crippen LogP contribution in [-0.4, -0.2) is 0 Å². The van der Waals surface area contributed by atoms with E-state index in [1.807, 2.05) is 5.57 Å². The van der Waals surface area contributed by atoms with Crippen molar-refractivity contribution in [3.05, 3.63) is 11.6 Å². The summed E-state index contributed by atoms with van der Waals surface area (Å²) in [6.07, 6.45) is 28.4. The highest BCUT2D eigenvalue weighted by Gasteiger charge is 2.37. The molecule has 3 saturated carbocycles. The molecule has 0 aromatic heterocycles. The summed E-state index contributed by atoms with van der Waals surface area (Å²) in [4.78, 5) is 0. The fourth-order valence-corrected chi connectivity index (χ4v) is 7.19. The quantitative estimate of drug-likeness (QED) is 0.455. The van der Waals surface area contributed by atoms with E-state index in [1.54, 1.807) is 25.7 Å². The molecule has 4 rings (SSSR count). The molecule has 0 amide bonds. The number of hydrogen-bond acceptors (Lipinski definition) is 0. The third kappa shape index (κ3) is 4.19. The van der Waals surface area contributed by atoms with E-state index in [0.717, 1.165) is 23.7 Å². The van der Waals surface area contributed by atoms with Gasteiger partial charge in [-0.2, -0.15) is 0 Å². The molecule has 0 N–H and O–H groups in total. The van der Waals surface area contributed by atoms with E-state index in [0.29, 0.717) is 5.41 Å². The average Bonchev–Trinajstić information content (AvgIpc) is 2.70. The van der Waals surface area contributed by atoms with E-state index < -0.39 is 0 Å². The van der Waals surface area contributed by atoms with Gasteiger partial charge in [-0.3, -0.25) is 0 Å². The van der Waals surface area contributed by atoms with Gasteiger partial charge in [-0.15, -0.1) is 0 Å². The first kappa shape index (κ1) is 18.1. The Labute approximate surface area is 157 Å². The third-order valence-electron chi connectivity index (χ3n) is 9.04. The summed E-state index contributed by atoms with van der Waals surface area (Å²) in [7, 11) is 0. The van der Waals surface area contributed by atoms with E-state index in [2.05, 4.69) is 13.0 Å². The summed E-state index contributed by atoms with van der Waals surface area (Å²) >= 11 is 0. The van der Waals surface area contributed by atoms with Crippen molar-refractivity contribution in [1.82, 2.24) is 0 Å². The average molecular weight is 343 g/mol. The fraction of sp³-hybridized carbons (Fsp3) is 0.920. The number of rotatable bonds is 3. The topological polar surface area (TPSA) is 0 Å². The van der Waals surface area contributed by atoms with Gasteiger partial charge in [0.05, 0.1) is 0 Å². The van der Waals surface area contributed by atoms with Gasteiger partial charge in [-0.25, -0.2) is 0 Å². The molecule has 4 aliphatic rings. The van der Waals surface area contributed by atoms with E-state index in [4.69, 9.17) is 0 Å². The van der Waals surface area contributed by atoms with E-state index in [1.165, 1.54) is 83.5 Å². The van der Waals surface area contributed by atoms with Gasteiger partial charge in [0.25, 0.3) is 0 Å². The van der Waals surface area contributed by atoms with E-state index in [9.17, 15) is 0 Å². The molecule has 0 aromatic carbocycles. The zero-order valence-electron chi connectivity index (χ0n) is 16.9. The maximum atomic E-state index is 2.74. The molecule has 0 heteroatoms. The number of hydrogen-bond donors (Lipinski definition) is 0. The van der Waals surface area contributed by atoms with Crippen LogP contribution in [0.3, 0.4) is 0 Å². The lowest BCUT2D eigenvalue weighted by atomic mass is 9.62. The smallest absolute Gasteiger partial charge is 0.0203 e. The lowest BCUT2D eigenvalue weighted by Gasteiger charge is -2.43. The summed E-state index contributed by atoms with van der Waals surface area (Å²) in [5.41, 5.74) is 2.57. The van der Waals surface area contributed by atoms with Crippen molar-refractivity contribution in [2.45, 2.75) is 116 Å². The largest absolute Gasteiger partial charge is 0.0848 e. The van der Waals surface area contributed by atoms with Crippen LogP contribution in [0.1, 0.15) is 116 Å². The van der Waals surface area contributed by atoms with Crippen molar-refractivity contribution >= 4 is 0 Å². The van der Waals surface area contributed by atoms with Crippen molar-refractivity contribution in [3.8, 4) is 0 Å². The van der Waals surface area contributed by atoms with Gasteiger partial charge < -0.3 is 0 Å². The van der Waals surface area contributed by atoms with Crippen LogP contribution in [0.25, 0.3) is 0 Å². The molecule has 0 saturated heterocycles. The zero-order chi connectivity index (χ0) is 17.1. The van der Waals surface area contributed by atoms with Crippen LogP contribution in [0.4, 0.5) is 0 Å². The predicted octanol–water partition coefficient (Wildman–Crippen LogP) is 8.07. The maximum Gasteiger partial charge on any atom is -0.0203 e. The van der Waals surface area contributed by atoms with Crippen LogP contribution in [0.2, 0.25) is 0 Å². The first-order valence-electron chi connectivity index (χ1n) is 11.9. The highest BCUT2D eigenvalue weighted by atomic mass is 14.4. The first-order chi connectivity index (χ1) is 12.2. The van der Waals surface area contributed by atoms with Crippen LogP contribution in [-0.2, 0) is 0 Å². The predicted molar refractivity (Wildman–Crippen MR) is 109 cm³/mol. The monoisotopic (exact) mass is 342 g/mol. The van der Waals surface area contributed by atoms with Crippen LogP contribution < -0.4 is 0 Å². The summed E-state index contributed by atoms with van der Waals surface area (Å²) < 4.78 is 0. The molecule has 0 nitrogen and oxygen atoms in total. The highest BCUT2D eigenvalue weighted by molar-refractivity contribution is 5.13. The zero-order valence-corrected chi connectivity index (χ0v) is 16.9. The van der Waals surface area contributed by atoms with E-state index >= 15 is 0 Å². The van der Waals surface area contributed by atoms with Crippen LogP contribution in [0, 0.1) is 29.1 Å². The van der Waals surface area contributed by atoms with Gasteiger partial charge in [-0.1, -0.05) is 69.9 Å². The standard InChI is InChI=1S/C25H42/c1-25(18-6-3-7-19-25)24-16-14-23(15-17-24)22-12-10-21(11-13-22)20-8-4-2-5-9-20/h14,20-22,24H,2-13,15-19H2,1H3. The lowest BCUT2D eigenvalue weighted by molar-refractivity contribution is 0.106. The van der Waals surface area contributed by atoms with Crippen molar-refractivity contribution < 1.29 is 0 Å². The molecule has 0 bridgehead atoms. The molecule has 142 valence electrons. The van der Waals surface area contributed by atoms with Gasteiger partial charge in [0.2, 0.25) is 0 Å². The SMILES string of the molecule is CC1(C2CC=C(C3CCC(C4CCCCC4)CC3)CC2)CCCCC1. The molecule has 4 aliphatic carbocycles. The van der Waals surface area contributed by atoms with Gasteiger partial charge >= 0.3 is 0 Å². The molecular formula is C25H42. The Balaban J connectivity index is 1.27.